The molecule has 5 heteroatoms. The molecule has 0 aliphatic carbocycles. The van der Waals surface area contributed by atoms with Gasteiger partial charge in [-0.3, -0.25) is 4.79 Å². The van der Waals surface area contributed by atoms with Gasteiger partial charge in [0.25, 0.3) is 5.91 Å². The van der Waals surface area contributed by atoms with Gasteiger partial charge in [0.15, 0.2) is 18.1 Å². The quantitative estimate of drug-likeness (QED) is 0.736. The average molecular weight is 340 g/mol. The van der Waals surface area contributed by atoms with Gasteiger partial charge in [-0.05, 0) is 30.2 Å². The topological polar surface area (TPSA) is 73.6 Å². The SMILES string of the molecule is COc1cc(CNC/C(C)=C/c2ccccc2)ccc1OCC(N)=O. The minimum atomic E-state index is -0.520. The van der Waals surface area contributed by atoms with Crippen molar-refractivity contribution in [3.8, 4) is 11.5 Å². The Morgan fingerprint density at radius 2 is 1.92 bits per heavy atom. The van der Waals surface area contributed by atoms with Gasteiger partial charge in [-0.1, -0.05) is 48.0 Å². The lowest BCUT2D eigenvalue weighted by atomic mass is 10.1. The number of hydrogen-bond acceptors (Lipinski definition) is 4. The van der Waals surface area contributed by atoms with Crippen LogP contribution in [-0.4, -0.2) is 26.2 Å². The lowest BCUT2D eigenvalue weighted by Gasteiger charge is -2.12. The predicted octanol–water partition coefficient (Wildman–Crippen LogP) is 2.75. The summed E-state index contributed by atoms with van der Waals surface area (Å²) in [6.07, 6.45) is 2.16. The van der Waals surface area contributed by atoms with Crippen LogP contribution >= 0.6 is 0 Å². The number of nitrogens with one attached hydrogen (secondary N) is 1. The van der Waals surface area contributed by atoms with Gasteiger partial charge in [-0.2, -0.15) is 0 Å². The molecule has 0 saturated heterocycles. The van der Waals surface area contributed by atoms with Crippen LogP contribution in [-0.2, 0) is 11.3 Å². The smallest absolute Gasteiger partial charge is 0.255 e. The van der Waals surface area contributed by atoms with E-state index in [0.29, 0.717) is 18.0 Å². The van der Waals surface area contributed by atoms with Crippen LogP contribution in [0.2, 0.25) is 0 Å². The Balaban J connectivity index is 1.90. The zero-order valence-corrected chi connectivity index (χ0v) is 14.6. The molecule has 0 saturated carbocycles. The summed E-state index contributed by atoms with van der Waals surface area (Å²) in [6.45, 7) is 3.42. The summed E-state index contributed by atoms with van der Waals surface area (Å²) in [4.78, 5) is 10.8. The van der Waals surface area contributed by atoms with Crippen molar-refractivity contribution in [1.82, 2.24) is 5.32 Å². The third-order valence-electron chi connectivity index (χ3n) is 3.54. The lowest BCUT2D eigenvalue weighted by molar-refractivity contribution is -0.119. The van der Waals surface area contributed by atoms with Crippen LogP contribution in [0.3, 0.4) is 0 Å². The number of nitrogens with two attached hydrogens (primary N) is 1. The van der Waals surface area contributed by atoms with Crippen molar-refractivity contribution in [2.24, 2.45) is 5.73 Å². The fourth-order valence-corrected chi connectivity index (χ4v) is 2.38. The van der Waals surface area contributed by atoms with Crippen molar-refractivity contribution in [3.63, 3.8) is 0 Å². The van der Waals surface area contributed by atoms with Gasteiger partial charge in [0.1, 0.15) is 0 Å². The van der Waals surface area contributed by atoms with E-state index in [1.54, 1.807) is 13.2 Å². The first-order valence-corrected chi connectivity index (χ1v) is 8.09. The summed E-state index contributed by atoms with van der Waals surface area (Å²) in [5.74, 6) is 0.566. The first-order valence-electron chi connectivity index (χ1n) is 8.09. The van der Waals surface area contributed by atoms with E-state index < -0.39 is 5.91 Å². The molecule has 25 heavy (non-hydrogen) atoms. The number of ether oxygens (including phenoxy) is 2. The standard InChI is InChI=1S/C20H24N2O3/c1-15(10-16-6-4-3-5-7-16)12-22-13-17-8-9-18(19(11-17)24-2)25-14-20(21)23/h3-11,22H,12-14H2,1-2H3,(H2,21,23)/b15-10+. The van der Waals surface area contributed by atoms with Gasteiger partial charge < -0.3 is 20.5 Å². The van der Waals surface area contributed by atoms with E-state index in [0.717, 1.165) is 12.1 Å². The van der Waals surface area contributed by atoms with E-state index >= 15 is 0 Å². The summed E-state index contributed by atoms with van der Waals surface area (Å²) >= 11 is 0. The molecule has 0 atom stereocenters. The molecule has 0 heterocycles. The summed E-state index contributed by atoms with van der Waals surface area (Å²) < 4.78 is 10.6. The number of carbonyl (C=O) groups excluding carboxylic acids is 1. The molecule has 0 aliphatic rings. The highest BCUT2D eigenvalue weighted by atomic mass is 16.5. The Labute approximate surface area is 148 Å². The zero-order chi connectivity index (χ0) is 18.1. The maximum atomic E-state index is 10.8. The second kappa shape index (κ2) is 9.49. The molecule has 0 unspecified atom stereocenters. The van der Waals surface area contributed by atoms with Crippen molar-refractivity contribution in [1.29, 1.82) is 0 Å². The van der Waals surface area contributed by atoms with Crippen molar-refractivity contribution in [2.45, 2.75) is 13.5 Å². The third kappa shape index (κ3) is 6.31. The van der Waals surface area contributed by atoms with Crippen molar-refractivity contribution in [2.75, 3.05) is 20.3 Å². The fourth-order valence-electron chi connectivity index (χ4n) is 2.38. The number of carbonyl (C=O) groups is 1. The van der Waals surface area contributed by atoms with Crippen molar-refractivity contribution < 1.29 is 14.3 Å². The van der Waals surface area contributed by atoms with E-state index in [2.05, 4.69) is 30.4 Å². The van der Waals surface area contributed by atoms with Gasteiger partial charge >= 0.3 is 0 Å². The molecule has 3 N–H and O–H groups in total. The van der Waals surface area contributed by atoms with Crippen LogP contribution in [0.4, 0.5) is 0 Å². The summed E-state index contributed by atoms with van der Waals surface area (Å²) in [6, 6.07) is 15.8. The Morgan fingerprint density at radius 3 is 2.60 bits per heavy atom. The third-order valence-corrected chi connectivity index (χ3v) is 3.54. The normalized spacial score (nSPS) is 11.2. The van der Waals surface area contributed by atoms with Gasteiger partial charge in [0.05, 0.1) is 7.11 Å². The molecule has 0 radical (unpaired) electrons. The van der Waals surface area contributed by atoms with E-state index in [1.165, 1.54) is 11.1 Å². The molecule has 0 spiro atoms. The molecular weight excluding hydrogens is 316 g/mol. The highest BCUT2D eigenvalue weighted by molar-refractivity contribution is 5.75. The second-order valence-corrected chi connectivity index (χ2v) is 5.75. The molecule has 1 amide bonds. The highest BCUT2D eigenvalue weighted by Crippen LogP contribution is 2.28. The van der Waals surface area contributed by atoms with E-state index in [1.807, 2.05) is 30.3 Å². The summed E-state index contributed by atoms with van der Waals surface area (Å²) in [5.41, 5.74) is 8.60. The zero-order valence-electron chi connectivity index (χ0n) is 14.6. The molecule has 2 aromatic rings. The minimum absolute atomic E-state index is 0.169. The van der Waals surface area contributed by atoms with Crippen molar-refractivity contribution >= 4 is 12.0 Å². The molecule has 0 aromatic heterocycles. The van der Waals surface area contributed by atoms with Crippen LogP contribution in [0.15, 0.2) is 54.1 Å². The van der Waals surface area contributed by atoms with E-state index in [-0.39, 0.29) is 6.61 Å². The van der Waals surface area contributed by atoms with Crippen LogP contribution in [0.25, 0.3) is 6.08 Å². The molecule has 0 aliphatic heterocycles. The van der Waals surface area contributed by atoms with E-state index in [9.17, 15) is 4.79 Å². The Hall–Kier alpha value is -2.79. The largest absolute Gasteiger partial charge is 0.493 e. The van der Waals surface area contributed by atoms with Gasteiger partial charge in [0.2, 0.25) is 0 Å². The number of hydrogen-bond donors (Lipinski definition) is 2. The van der Waals surface area contributed by atoms with Crippen LogP contribution < -0.4 is 20.5 Å². The number of amides is 1. The average Bonchev–Trinajstić information content (AvgIpc) is 2.61. The van der Waals surface area contributed by atoms with Gasteiger partial charge in [0, 0.05) is 13.1 Å². The maximum absolute atomic E-state index is 10.8. The predicted molar refractivity (Wildman–Crippen MR) is 99.5 cm³/mol. The van der Waals surface area contributed by atoms with Crippen molar-refractivity contribution in [3.05, 3.63) is 65.2 Å². The Morgan fingerprint density at radius 1 is 1.16 bits per heavy atom. The highest BCUT2D eigenvalue weighted by Gasteiger charge is 2.07. The number of benzene rings is 2. The number of methoxy groups -OCH3 is 1. The molecular formula is C20H24N2O3. The molecule has 0 bridgehead atoms. The summed E-state index contributed by atoms with van der Waals surface area (Å²) in [5, 5.41) is 3.40. The monoisotopic (exact) mass is 340 g/mol. The first-order chi connectivity index (χ1) is 12.1. The lowest BCUT2D eigenvalue weighted by Crippen LogP contribution is -2.20. The maximum Gasteiger partial charge on any atom is 0.255 e. The second-order valence-electron chi connectivity index (χ2n) is 5.75. The first kappa shape index (κ1) is 18.5. The number of rotatable bonds is 9. The van der Waals surface area contributed by atoms with Gasteiger partial charge in [-0.15, -0.1) is 0 Å². The Kier molecular flexibility index (Phi) is 7.04. The molecule has 132 valence electrons. The van der Waals surface area contributed by atoms with Gasteiger partial charge in [-0.25, -0.2) is 0 Å². The minimum Gasteiger partial charge on any atom is -0.493 e. The van der Waals surface area contributed by atoms with Crippen LogP contribution in [0.1, 0.15) is 18.1 Å². The summed E-state index contributed by atoms with van der Waals surface area (Å²) in [7, 11) is 1.57. The van der Waals surface area contributed by atoms with Crippen LogP contribution in [0.5, 0.6) is 11.5 Å². The molecule has 5 nitrogen and oxygen atoms in total. The van der Waals surface area contributed by atoms with E-state index in [4.69, 9.17) is 15.2 Å². The fraction of sp³-hybridized carbons (Fsp3) is 0.250. The van der Waals surface area contributed by atoms with Crippen LogP contribution in [0, 0.1) is 0 Å². The Bertz CT molecular complexity index is 727. The molecule has 2 rings (SSSR count). The molecule has 0 fully saturated rings. The molecule has 2 aromatic carbocycles. The number of primary amides is 1.